The van der Waals surface area contributed by atoms with Crippen LogP contribution >= 0.6 is 11.8 Å². The molecule has 0 aliphatic carbocycles. The van der Waals surface area contributed by atoms with Crippen molar-refractivity contribution in [1.29, 1.82) is 5.26 Å². The van der Waals surface area contributed by atoms with E-state index in [1.54, 1.807) is 0 Å². The van der Waals surface area contributed by atoms with Crippen molar-refractivity contribution in [3.63, 3.8) is 0 Å². The van der Waals surface area contributed by atoms with Gasteiger partial charge in [0.2, 0.25) is 0 Å². The third kappa shape index (κ3) is 7.62. The molecular formula is C6H9NSSi. The van der Waals surface area contributed by atoms with Gasteiger partial charge in [-0.1, -0.05) is 19.6 Å². The standard InChI is InChI=1S/C6H9NSSi/c1-9(2,3)5-4-8-6-7/h1-3H3. The van der Waals surface area contributed by atoms with Gasteiger partial charge in [-0.2, -0.15) is 5.26 Å². The molecule has 0 aromatic carbocycles. The molecule has 9 heavy (non-hydrogen) atoms. The lowest BCUT2D eigenvalue weighted by Crippen LogP contribution is -2.15. The summed E-state index contributed by atoms with van der Waals surface area (Å²) in [4.78, 5) is 0. The van der Waals surface area contributed by atoms with E-state index in [4.69, 9.17) is 5.26 Å². The lowest BCUT2D eigenvalue weighted by atomic mass is 11.4. The smallest absolute Gasteiger partial charge is 0.147 e. The van der Waals surface area contributed by atoms with Crippen LogP contribution in [0.15, 0.2) is 0 Å². The van der Waals surface area contributed by atoms with Crippen molar-refractivity contribution in [3.8, 4) is 16.2 Å². The predicted octanol–water partition coefficient (Wildman–Crippen LogP) is 2.04. The third-order valence-corrected chi connectivity index (χ3v) is 1.87. The predicted molar refractivity (Wildman–Crippen MR) is 44.3 cm³/mol. The molecule has 0 saturated heterocycles. The van der Waals surface area contributed by atoms with Gasteiger partial charge in [0.05, 0.1) is 0 Å². The molecule has 0 heterocycles. The van der Waals surface area contributed by atoms with E-state index in [0.29, 0.717) is 0 Å². The van der Waals surface area contributed by atoms with Crippen LogP contribution in [0, 0.1) is 21.5 Å². The Kier molecular flexibility index (Phi) is 3.45. The zero-order valence-corrected chi connectivity index (χ0v) is 7.67. The van der Waals surface area contributed by atoms with Crippen LogP contribution in [0.2, 0.25) is 19.6 Å². The van der Waals surface area contributed by atoms with Crippen LogP contribution in [-0.2, 0) is 0 Å². The summed E-state index contributed by atoms with van der Waals surface area (Å²) in [6, 6.07) is 0. The lowest BCUT2D eigenvalue weighted by Gasteiger charge is -2.01. The number of thiocyanates is 1. The Morgan fingerprint density at radius 2 is 1.89 bits per heavy atom. The Morgan fingerprint density at radius 3 is 2.22 bits per heavy atom. The van der Waals surface area contributed by atoms with Gasteiger partial charge in [-0.3, -0.25) is 0 Å². The number of hydrogen-bond acceptors (Lipinski definition) is 2. The Balaban J connectivity index is 3.77. The summed E-state index contributed by atoms with van der Waals surface area (Å²) >= 11 is 1.01. The SMILES string of the molecule is C[Si](C)(C)C#CSC#N. The molecule has 0 amide bonds. The summed E-state index contributed by atoms with van der Waals surface area (Å²) in [6.45, 7) is 6.45. The number of thioether (sulfide) groups is 1. The molecule has 0 radical (unpaired) electrons. The van der Waals surface area contributed by atoms with Crippen molar-refractivity contribution >= 4 is 19.8 Å². The molecule has 0 aliphatic heterocycles. The number of hydrogen-bond donors (Lipinski definition) is 0. The van der Waals surface area contributed by atoms with E-state index in [-0.39, 0.29) is 0 Å². The van der Waals surface area contributed by atoms with E-state index in [2.05, 4.69) is 30.4 Å². The van der Waals surface area contributed by atoms with Gasteiger partial charge in [0.1, 0.15) is 13.5 Å². The summed E-state index contributed by atoms with van der Waals surface area (Å²) in [5.41, 5.74) is 3.05. The highest BCUT2D eigenvalue weighted by Crippen LogP contribution is 1.99. The van der Waals surface area contributed by atoms with Crippen molar-refractivity contribution in [3.05, 3.63) is 0 Å². The quantitative estimate of drug-likeness (QED) is 0.304. The fraction of sp³-hybridized carbons (Fsp3) is 0.500. The molecule has 0 fully saturated rings. The summed E-state index contributed by atoms with van der Waals surface area (Å²) in [7, 11) is -1.23. The third-order valence-electron chi connectivity index (χ3n) is 0.523. The highest BCUT2D eigenvalue weighted by atomic mass is 32.2. The van der Waals surface area contributed by atoms with E-state index in [0.717, 1.165) is 11.8 Å². The molecule has 0 rings (SSSR count). The molecule has 0 bridgehead atoms. The van der Waals surface area contributed by atoms with E-state index in [9.17, 15) is 0 Å². The summed E-state index contributed by atoms with van der Waals surface area (Å²) in [6.07, 6.45) is 0. The van der Waals surface area contributed by atoms with Gasteiger partial charge in [0.25, 0.3) is 0 Å². The molecule has 0 atom stereocenters. The van der Waals surface area contributed by atoms with Crippen molar-refractivity contribution in [1.82, 2.24) is 0 Å². The van der Waals surface area contributed by atoms with Crippen molar-refractivity contribution < 1.29 is 0 Å². The largest absolute Gasteiger partial charge is 0.184 e. The van der Waals surface area contributed by atoms with E-state index >= 15 is 0 Å². The first-order valence-electron chi connectivity index (χ1n) is 2.63. The zero-order chi connectivity index (χ0) is 7.33. The first-order valence-corrected chi connectivity index (χ1v) is 6.95. The number of nitrogens with zero attached hydrogens (tertiary/aromatic N) is 1. The monoisotopic (exact) mass is 155 g/mol. The zero-order valence-electron chi connectivity index (χ0n) is 5.86. The molecule has 0 aliphatic rings. The minimum atomic E-state index is -1.23. The van der Waals surface area contributed by atoms with Crippen LogP contribution in [-0.4, -0.2) is 8.07 Å². The second-order valence-corrected chi connectivity index (χ2v) is 8.01. The fourth-order valence-corrected chi connectivity index (χ4v) is 1.68. The van der Waals surface area contributed by atoms with Crippen LogP contribution in [0.4, 0.5) is 0 Å². The first-order chi connectivity index (χ1) is 4.06. The summed E-state index contributed by atoms with van der Waals surface area (Å²) in [5, 5.41) is 12.7. The maximum atomic E-state index is 8.09. The van der Waals surface area contributed by atoms with Gasteiger partial charge in [-0.25, -0.2) is 0 Å². The summed E-state index contributed by atoms with van der Waals surface area (Å²) in [5.74, 6) is 0. The van der Waals surface area contributed by atoms with Crippen LogP contribution in [0.1, 0.15) is 0 Å². The maximum absolute atomic E-state index is 8.09. The minimum Gasteiger partial charge on any atom is -0.184 e. The fourth-order valence-electron chi connectivity index (χ4n) is 0.201. The maximum Gasteiger partial charge on any atom is 0.147 e. The van der Waals surface area contributed by atoms with Gasteiger partial charge in [0, 0.05) is 11.8 Å². The van der Waals surface area contributed by atoms with Crippen molar-refractivity contribution in [2.75, 3.05) is 0 Å². The Morgan fingerprint density at radius 1 is 1.33 bits per heavy atom. The number of rotatable bonds is 0. The average Bonchev–Trinajstić information content (AvgIpc) is 1.63. The molecule has 3 heteroatoms. The highest BCUT2D eigenvalue weighted by Gasteiger charge is 2.06. The molecule has 0 aromatic heterocycles. The van der Waals surface area contributed by atoms with Gasteiger partial charge >= 0.3 is 0 Å². The normalized spacial score (nSPS) is 9.11. The molecular weight excluding hydrogens is 146 g/mol. The van der Waals surface area contributed by atoms with Crippen molar-refractivity contribution in [2.24, 2.45) is 0 Å². The second-order valence-electron chi connectivity index (χ2n) is 2.67. The van der Waals surface area contributed by atoms with Crippen molar-refractivity contribution in [2.45, 2.75) is 19.6 Å². The van der Waals surface area contributed by atoms with E-state index in [1.807, 2.05) is 5.40 Å². The van der Waals surface area contributed by atoms with E-state index in [1.165, 1.54) is 0 Å². The Labute approximate surface area is 61.5 Å². The Hall–Kier alpha value is -0.383. The van der Waals surface area contributed by atoms with Crippen LogP contribution in [0.5, 0.6) is 0 Å². The van der Waals surface area contributed by atoms with Gasteiger partial charge in [0.15, 0.2) is 0 Å². The molecule has 48 valence electrons. The van der Waals surface area contributed by atoms with Gasteiger partial charge < -0.3 is 0 Å². The van der Waals surface area contributed by atoms with Gasteiger partial charge in [-0.05, 0) is 5.25 Å². The Bertz CT molecular complexity index is 176. The number of nitriles is 1. The van der Waals surface area contributed by atoms with Crippen LogP contribution < -0.4 is 0 Å². The summed E-state index contributed by atoms with van der Waals surface area (Å²) < 4.78 is 0. The molecule has 0 spiro atoms. The average molecular weight is 155 g/mol. The molecule has 0 N–H and O–H groups in total. The minimum absolute atomic E-state index is 1.01. The highest BCUT2D eigenvalue weighted by molar-refractivity contribution is 8.08. The molecule has 1 nitrogen and oxygen atoms in total. The molecule has 0 unspecified atom stereocenters. The lowest BCUT2D eigenvalue weighted by molar-refractivity contribution is 1.57. The van der Waals surface area contributed by atoms with Gasteiger partial charge in [-0.15, -0.1) is 5.54 Å². The second kappa shape index (κ2) is 3.61. The first kappa shape index (κ1) is 8.62. The van der Waals surface area contributed by atoms with Crippen LogP contribution in [0.3, 0.4) is 0 Å². The molecule has 0 aromatic rings. The van der Waals surface area contributed by atoms with E-state index < -0.39 is 8.07 Å². The topological polar surface area (TPSA) is 23.8 Å². The van der Waals surface area contributed by atoms with Crippen LogP contribution in [0.25, 0.3) is 0 Å². The molecule has 0 saturated carbocycles.